The van der Waals surface area contributed by atoms with Gasteiger partial charge in [-0.1, -0.05) is 18.2 Å². The first-order chi connectivity index (χ1) is 15.0. The van der Waals surface area contributed by atoms with E-state index in [0.29, 0.717) is 0 Å². The number of hydrogen-bond donors (Lipinski definition) is 3. The summed E-state index contributed by atoms with van der Waals surface area (Å²) in [5.74, 6) is -0.689. The molecule has 1 amide bonds. The van der Waals surface area contributed by atoms with Crippen LogP contribution in [-0.4, -0.2) is 14.3 Å². The minimum atomic E-state index is -4.58. The zero-order valence-corrected chi connectivity index (χ0v) is 17.9. The van der Waals surface area contributed by atoms with Gasteiger partial charge in [0.15, 0.2) is 0 Å². The van der Waals surface area contributed by atoms with Crippen molar-refractivity contribution < 1.29 is 26.4 Å². The summed E-state index contributed by atoms with van der Waals surface area (Å²) in [5, 5.41) is 0. The smallest absolute Gasteiger partial charge is 0.298 e. The lowest BCUT2D eigenvalue weighted by atomic mass is 10.1. The van der Waals surface area contributed by atoms with E-state index in [9.17, 15) is 26.4 Å². The summed E-state index contributed by atoms with van der Waals surface area (Å²) in [6.07, 6.45) is -4.58. The number of nitrogens with one attached hydrogen (secondary N) is 3. The number of benzene rings is 3. The quantitative estimate of drug-likeness (QED) is 0.455. The van der Waals surface area contributed by atoms with Crippen LogP contribution >= 0.6 is 0 Å². The van der Waals surface area contributed by atoms with Crippen molar-refractivity contribution in [1.29, 1.82) is 0 Å². The van der Waals surface area contributed by atoms with Gasteiger partial charge in [-0.25, -0.2) is 8.42 Å². The van der Waals surface area contributed by atoms with Crippen LogP contribution in [0.25, 0.3) is 0 Å². The van der Waals surface area contributed by atoms with Crippen LogP contribution < -0.4 is 15.6 Å². The van der Waals surface area contributed by atoms with Crippen molar-refractivity contribution in [3.05, 3.63) is 89.0 Å². The molecule has 0 bridgehead atoms. The standard InChI is InChI=1S/C22H20F3N3O3S/c1-14-7-12-18(13-15(14)2)32(30,31)28-17-10-8-16(9-11-17)21(29)27-26-20-6-4-3-5-19(20)22(23,24)25/h3-13,26,28H,1-2H3,(H,27,29). The number of halogens is 3. The molecule has 3 N–H and O–H groups in total. The number of hydrazine groups is 1. The van der Waals surface area contributed by atoms with E-state index >= 15 is 0 Å². The second kappa shape index (κ2) is 8.91. The molecule has 168 valence electrons. The van der Waals surface area contributed by atoms with Gasteiger partial charge in [-0.15, -0.1) is 0 Å². The molecule has 0 aromatic heterocycles. The Bertz CT molecular complexity index is 1240. The first-order valence-corrected chi connectivity index (χ1v) is 10.9. The van der Waals surface area contributed by atoms with Crippen molar-refractivity contribution >= 4 is 27.3 Å². The van der Waals surface area contributed by atoms with Gasteiger partial charge in [-0.05, 0) is 73.5 Å². The number of anilines is 2. The van der Waals surface area contributed by atoms with Gasteiger partial charge in [-0.3, -0.25) is 20.4 Å². The van der Waals surface area contributed by atoms with E-state index in [1.807, 2.05) is 13.8 Å². The van der Waals surface area contributed by atoms with Crippen molar-refractivity contribution in [2.75, 3.05) is 10.1 Å². The van der Waals surface area contributed by atoms with Crippen LogP contribution in [0.15, 0.2) is 71.6 Å². The highest BCUT2D eigenvalue weighted by Crippen LogP contribution is 2.34. The van der Waals surface area contributed by atoms with E-state index in [1.165, 1.54) is 48.5 Å². The Morgan fingerprint density at radius 2 is 1.53 bits per heavy atom. The number of carbonyl (C=O) groups excluding carboxylic acids is 1. The van der Waals surface area contributed by atoms with Crippen LogP contribution in [0, 0.1) is 13.8 Å². The Morgan fingerprint density at radius 1 is 0.875 bits per heavy atom. The number of para-hydroxylation sites is 1. The Labute approximate surface area is 183 Å². The van der Waals surface area contributed by atoms with E-state index < -0.39 is 27.7 Å². The Kier molecular flexibility index (Phi) is 6.45. The lowest BCUT2D eigenvalue weighted by Crippen LogP contribution is -2.30. The molecule has 0 aliphatic carbocycles. The van der Waals surface area contributed by atoms with Gasteiger partial charge in [0, 0.05) is 11.3 Å². The van der Waals surface area contributed by atoms with E-state index in [4.69, 9.17) is 0 Å². The summed E-state index contributed by atoms with van der Waals surface area (Å²) < 4.78 is 66.7. The highest BCUT2D eigenvalue weighted by Gasteiger charge is 2.33. The topological polar surface area (TPSA) is 87.3 Å². The van der Waals surface area contributed by atoms with E-state index in [1.54, 1.807) is 12.1 Å². The van der Waals surface area contributed by atoms with Gasteiger partial charge in [0.1, 0.15) is 0 Å². The fourth-order valence-electron chi connectivity index (χ4n) is 2.82. The van der Waals surface area contributed by atoms with Gasteiger partial charge in [0.25, 0.3) is 15.9 Å². The highest BCUT2D eigenvalue weighted by molar-refractivity contribution is 7.92. The summed E-state index contributed by atoms with van der Waals surface area (Å²) in [4.78, 5) is 12.4. The number of hydrogen-bond acceptors (Lipinski definition) is 4. The molecule has 0 saturated carbocycles. The van der Waals surface area contributed by atoms with Crippen LogP contribution in [0.1, 0.15) is 27.0 Å². The molecule has 0 saturated heterocycles. The molecule has 0 heterocycles. The fourth-order valence-corrected chi connectivity index (χ4v) is 3.96. The summed E-state index contributed by atoms with van der Waals surface area (Å²) in [5.41, 5.74) is 5.41. The number of rotatable bonds is 6. The van der Waals surface area contributed by atoms with Gasteiger partial charge in [0.2, 0.25) is 0 Å². The third-order valence-electron chi connectivity index (χ3n) is 4.73. The van der Waals surface area contributed by atoms with Crippen LogP contribution in [0.5, 0.6) is 0 Å². The van der Waals surface area contributed by atoms with E-state index in [2.05, 4.69) is 15.6 Å². The van der Waals surface area contributed by atoms with Crippen molar-refractivity contribution in [3.8, 4) is 0 Å². The average molecular weight is 463 g/mol. The van der Waals surface area contributed by atoms with Crippen LogP contribution in [0.3, 0.4) is 0 Å². The maximum atomic E-state index is 13.0. The zero-order valence-electron chi connectivity index (χ0n) is 17.1. The number of amides is 1. The predicted octanol–water partition coefficient (Wildman–Crippen LogP) is 4.88. The molecule has 3 aromatic rings. The minimum absolute atomic E-state index is 0.106. The Hall–Kier alpha value is -3.53. The third kappa shape index (κ3) is 5.38. The maximum absolute atomic E-state index is 13.0. The van der Waals surface area contributed by atoms with Crippen LogP contribution in [-0.2, 0) is 16.2 Å². The lowest BCUT2D eigenvalue weighted by molar-refractivity contribution is -0.137. The van der Waals surface area contributed by atoms with Crippen LogP contribution in [0.4, 0.5) is 24.5 Å². The van der Waals surface area contributed by atoms with Crippen molar-refractivity contribution in [3.63, 3.8) is 0 Å². The molecular weight excluding hydrogens is 443 g/mol. The normalized spacial score (nSPS) is 11.7. The van der Waals surface area contributed by atoms with Crippen LogP contribution in [0.2, 0.25) is 0 Å². The van der Waals surface area contributed by atoms with E-state index in [0.717, 1.165) is 17.2 Å². The van der Waals surface area contributed by atoms with Crippen molar-refractivity contribution in [2.45, 2.75) is 24.9 Å². The molecule has 6 nitrogen and oxygen atoms in total. The molecule has 0 spiro atoms. The largest absolute Gasteiger partial charge is 0.418 e. The first-order valence-electron chi connectivity index (χ1n) is 9.40. The fraction of sp³-hybridized carbons (Fsp3) is 0.136. The van der Waals surface area contributed by atoms with E-state index in [-0.39, 0.29) is 21.8 Å². The molecular formula is C22H20F3N3O3S. The average Bonchev–Trinajstić information content (AvgIpc) is 2.73. The van der Waals surface area contributed by atoms with Gasteiger partial charge >= 0.3 is 6.18 Å². The number of aryl methyl sites for hydroxylation is 2. The molecule has 0 aliphatic heterocycles. The molecule has 0 radical (unpaired) electrons. The molecule has 0 fully saturated rings. The molecule has 0 aliphatic rings. The molecule has 0 unspecified atom stereocenters. The van der Waals surface area contributed by atoms with Gasteiger partial charge < -0.3 is 0 Å². The minimum Gasteiger partial charge on any atom is -0.298 e. The molecule has 3 aromatic carbocycles. The summed E-state index contributed by atoms with van der Waals surface area (Å²) >= 11 is 0. The number of carbonyl (C=O) groups is 1. The Balaban J connectivity index is 1.68. The predicted molar refractivity (Wildman–Crippen MR) is 116 cm³/mol. The SMILES string of the molecule is Cc1ccc(S(=O)(=O)Nc2ccc(C(=O)NNc3ccccc3C(F)(F)F)cc2)cc1C. The Morgan fingerprint density at radius 3 is 2.16 bits per heavy atom. The molecule has 32 heavy (non-hydrogen) atoms. The number of sulfonamides is 1. The van der Waals surface area contributed by atoms with Crippen molar-refractivity contribution in [2.24, 2.45) is 0 Å². The molecule has 3 rings (SSSR count). The van der Waals surface area contributed by atoms with Gasteiger partial charge in [-0.2, -0.15) is 13.2 Å². The molecule has 0 atom stereocenters. The molecule has 10 heteroatoms. The van der Waals surface area contributed by atoms with Crippen molar-refractivity contribution in [1.82, 2.24) is 5.43 Å². The number of alkyl halides is 3. The maximum Gasteiger partial charge on any atom is 0.418 e. The summed E-state index contributed by atoms with van der Waals surface area (Å²) in [6.45, 7) is 3.68. The lowest BCUT2D eigenvalue weighted by Gasteiger charge is -2.15. The summed E-state index contributed by atoms with van der Waals surface area (Å²) in [6, 6.07) is 15.0. The third-order valence-corrected chi connectivity index (χ3v) is 6.11. The van der Waals surface area contributed by atoms with Gasteiger partial charge in [0.05, 0.1) is 16.1 Å². The highest BCUT2D eigenvalue weighted by atomic mass is 32.2. The second-order valence-corrected chi connectivity index (χ2v) is 8.73. The zero-order chi connectivity index (χ0) is 23.5. The summed E-state index contributed by atoms with van der Waals surface area (Å²) in [7, 11) is -3.82. The second-order valence-electron chi connectivity index (χ2n) is 7.05. The monoisotopic (exact) mass is 463 g/mol. The first kappa shape index (κ1) is 23.1.